The van der Waals surface area contributed by atoms with Crippen molar-refractivity contribution >= 4 is 11.8 Å². The molecule has 1 heterocycles. The van der Waals surface area contributed by atoms with Gasteiger partial charge >= 0.3 is 6.18 Å². The van der Waals surface area contributed by atoms with Crippen molar-refractivity contribution in [3.05, 3.63) is 53.7 Å². The molecule has 0 aliphatic heterocycles. The Bertz CT molecular complexity index is 577. The van der Waals surface area contributed by atoms with Crippen LogP contribution < -0.4 is 5.73 Å². The van der Waals surface area contributed by atoms with Crippen molar-refractivity contribution < 1.29 is 13.2 Å². The monoisotopic (exact) mass is 312 g/mol. The number of nitrogens with two attached hydrogens (primary N) is 1. The topological polar surface area (TPSA) is 38.9 Å². The highest BCUT2D eigenvalue weighted by molar-refractivity contribution is 7.99. The second-order valence-electron chi connectivity index (χ2n) is 4.81. The average molecular weight is 312 g/mol. The zero-order chi connectivity index (χ0) is 15.5. The molecule has 1 unspecified atom stereocenters. The molecule has 2 rings (SSSR count). The second-order valence-corrected chi connectivity index (χ2v) is 5.90. The van der Waals surface area contributed by atoms with Gasteiger partial charge in [0.05, 0.1) is 5.56 Å². The van der Waals surface area contributed by atoms with Crippen LogP contribution in [0.5, 0.6) is 0 Å². The van der Waals surface area contributed by atoms with Crippen molar-refractivity contribution in [1.29, 1.82) is 0 Å². The van der Waals surface area contributed by atoms with E-state index in [0.29, 0.717) is 5.03 Å². The molecule has 2 aromatic rings. The van der Waals surface area contributed by atoms with E-state index >= 15 is 0 Å². The number of rotatable bonds is 4. The molecule has 1 aromatic carbocycles. The number of nitrogens with zero attached hydrogens (tertiary/aromatic N) is 1. The summed E-state index contributed by atoms with van der Waals surface area (Å²) in [5.74, 6) is 0. The molecule has 0 aliphatic carbocycles. The Labute approximate surface area is 125 Å². The fourth-order valence-electron chi connectivity index (χ4n) is 1.79. The summed E-state index contributed by atoms with van der Waals surface area (Å²) in [5, 5.41) is 0.531. The predicted octanol–water partition coefficient (Wildman–Crippen LogP) is 4.14. The molecule has 0 amide bonds. The first-order valence-corrected chi connectivity index (χ1v) is 7.22. The Hall–Kier alpha value is -1.53. The van der Waals surface area contributed by atoms with Crippen LogP contribution in [-0.4, -0.2) is 11.0 Å². The fraction of sp³-hybridized carbons (Fsp3) is 0.267. The van der Waals surface area contributed by atoms with E-state index in [2.05, 4.69) is 4.98 Å². The number of halogens is 3. The van der Waals surface area contributed by atoms with E-state index in [4.69, 9.17) is 5.73 Å². The third-order valence-corrected chi connectivity index (χ3v) is 3.73. The third kappa shape index (κ3) is 4.75. The molecule has 112 valence electrons. The molecule has 0 radical (unpaired) electrons. The van der Waals surface area contributed by atoms with Gasteiger partial charge in [-0.05, 0) is 43.2 Å². The lowest BCUT2D eigenvalue weighted by molar-refractivity contribution is -0.137. The van der Waals surface area contributed by atoms with Gasteiger partial charge in [0.25, 0.3) is 0 Å². The number of alkyl halides is 3. The molecule has 0 saturated heterocycles. The van der Waals surface area contributed by atoms with Crippen molar-refractivity contribution in [3.8, 4) is 0 Å². The predicted molar refractivity (Wildman–Crippen MR) is 77.2 cm³/mol. The van der Waals surface area contributed by atoms with Gasteiger partial charge in [0.1, 0.15) is 5.03 Å². The molecule has 0 fully saturated rings. The van der Waals surface area contributed by atoms with Crippen LogP contribution in [0.4, 0.5) is 13.2 Å². The minimum absolute atomic E-state index is 0.0973. The van der Waals surface area contributed by atoms with E-state index in [0.717, 1.165) is 29.1 Å². The molecular formula is C15H15F3N2S. The van der Waals surface area contributed by atoms with Gasteiger partial charge in [0, 0.05) is 17.1 Å². The van der Waals surface area contributed by atoms with Crippen LogP contribution in [0.3, 0.4) is 0 Å². The van der Waals surface area contributed by atoms with Gasteiger partial charge in [0.2, 0.25) is 0 Å². The standard InChI is InChI=1S/C15H15F3N2S/c1-10(19)8-11-2-5-13(6-3-11)21-14-7-4-12(9-20-14)15(16,17)18/h2-7,9-10H,8,19H2,1H3. The molecule has 2 nitrogen and oxygen atoms in total. The first-order chi connectivity index (χ1) is 9.84. The number of aromatic nitrogens is 1. The van der Waals surface area contributed by atoms with Gasteiger partial charge in [-0.3, -0.25) is 0 Å². The summed E-state index contributed by atoms with van der Waals surface area (Å²) in [6.07, 6.45) is -2.70. The van der Waals surface area contributed by atoms with Crippen molar-refractivity contribution in [3.63, 3.8) is 0 Å². The molecular weight excluding hydrogens is 297 g/mol. The van der Waals surface area contributed by atoms with E-state index in [1.807, 2.05) is 31.2 Å². The Morgan fingerprint density at radius 3 is 2.29 bits per heavy atom. The van der Waals surface area contributed by atoms with Crippen LogP contribution >= 0.6 is 11.8 Å². The maximum atomic E-state index is 12.4. The van der Waals surface area contributed by atoms with Crippen LogP contribution in [0.15, 0.2) is 52.5 Å². The second kappa shape index (κ2) is 6.49. The summed E-state index contributed by atoms with van der Waals surface area (Å²) >= 11 is 1.32. The zero-order valence-corrected chi connectivity index (χ0v) is 12.2. The Morgan fingerprint density at radius 2 is 1.81 bits per heavy atom. The third-order valence-electron chi connectivity index (χ3n) is 2.77. The number of hydrogen-bond donors (Lipinski definition) is 1. The summed E-state index contributed by atoms with van der Waals surface area (Å²) in [6.45, 7) is 1.94. The van der Waals surface area contributed by atoms with E-state index < -0.39 is 11.7 Å². The molecule has 0 spiro atoms. The molecule has 21 heavy (non-hydrogen) atoms. The van der Waals surface area contributed by atoms with Gasteiger partial charge in [-0.15, -0.1) is 0 Å². The summed E-state index contributed by atoms with van der Waals surface area (Å²) in [4.78, 5) is 4.76. The van der Waals surface area contributed by atoms with Gasteiger partial charge < -0.3 is 5.73 Å². The molecule has 1 atom stereocenters. The van der Waals surface area contributed by atoms with Crippen LogP contribution in [-0.2, 0) is 12.6 Å². The largest absolute Gasteiger partial charge is 0.417 e. The maximum absolute atomic E-state index is 12.4. The number of benzene rings is 1. The molecule has 6 heteroatoms. The van der Waals surface area contributed by atoms with Crippen LogP contribution in [0.1, 0.15) is 18.1 Å². The lowest BCUT2D eigenvalue weighted by atomic mass is 10.1. The van der Waals surface area contributed by atoms with E-state index in [1.54, 1.807) is 0 Å². The van der Waals surface area contributed by atoms with Gasteiger partial charge in [0.15, 0.2) is 0 Å². The van der Waals surface area contributed by atoms with Gasteiger partial charge in [-0.1, -0.05) is 23.9 Å². The molecule has 2 N–H and O–H groups in total. The average Bonchev–Trinajstić information content (AvgIpc) is 2.40. The normalized spacial score (nSPS) is 13.2. The highest BCUT2D eigenvalue weighted by atomic mass is 32.2. The minimum Gasteiger partial charge on any atom is -0.328 e. The maximum Gasteiger partial charge on any atom is 0.417 e. The Balaban J connectivity index is 2.04. The smallest absolute Gasteiger partial charge is 0.328 e. The number of pyridine rings is 1. The molecule has 1 aromatic heterocycles. The molecule has 0 aliphatic rings. The van der Waals surface area contributed by atoms with Crippen molar-refractivity contribution in [2.45, 2.75) is 35.5 Å². The summed E-state index contributed by atoms with van der Waals surface area (Å²) < 4.78 is 37.3. The first kappa shape index (κ1) is 15.9. The highest BCUT2D eigenvalue weighted by Gasteiger charge is 2.30. The van der Waals surface area contributed by atoms with E-state index in [-0.39, 0.29) is 6.04 Å². The Kier molecular flexibility index (Phi) is 4.90. The lowest BCUT2D eigenvalue weighted by Crippen LogP contribution is -2.17. The van der Waals surface area contributed by atoms with Crippen LogP contribution in [0.25, 0.3) is 0 Å². The number of hydrogen-bond acceptors (Lipinski definition) is 3. The lowest BCUT2D eigenvalue weighted by Gasteiger charge is -2.08. The van der Waals surface area contributed by atoms with E-state index in [9.17, 15) is 13.2 Å². The molecule has 0 saturated carbocycles. The van der Waals surface area contributed by atoms with Crippen LogP contribution in [0.2, 0.25) is 0 Å². The SMILES string of the molecule is CC(N)Cc1ccc(Sc2ccc(C(F)(F)F)cn2)cc1. The fourth-order valence-corrected chi connectivity index (χ4v) is 2.55. The van der Waals surface area contributed by atoms with Crippen molar-refractivity contribution in [2.24, 2.45) is 5.73 Å². The van der Waals surface area contributed by atoms with Gasteiger partial charge in [-0.25, -0.2) is 4.98 Å². The van der Waals surface area contributed by atoms with Crippen molar-refractivity contribution in [2.75, 3.05) is 0 Å². The summed E-state index contributed by atoms with van der Waals surface area (Å²) in [7, 11) is 0. The Morgan fingerprint density at radius 1 is 1.14 bits per heavy atom. The highest BCUT2D eigenvalue weighted by Crippen LogP contribution is 2.31. The minimum atomic E-state index is -4.35. The molecule has 0 bridgehead atoms. The first-order valence-electron chi connectivity index (χ1n) is 6.40. The zero-order valence-electron chi connectivity index (χ0n) is 11.4. The van der Waals surface area contributed by atoms with Crippen molar-refractivity contribution in [1.82, 2.24) is 4.98 Å². The van der Waals surface area contributed by atoms with Crippen LogP contribution in [0, 0.1) is 0 Å². The quantitative estimate of drug-likeness (QED) is 0.922. The summed E-state index contributed by atoms with van der Waals surface area (Å²) in [6, 6.07) is 10.3. The van der Waals surface area contributed by atoms with E-state index in [1.165, 1.54) is 17.8 Å². The summed E-state index contributed by atoms with van der Waals surface area (Å²) in [5.41, 5.74) is 6.13. The van der Waals surface area contributed by atoms with Gasteiger partial charge in [-0.2, -0.15) is 13.2 Å².